The van der Waals surface area contributed by atoms with Gasteiger partial charge in [0.15, 0.2) is 0 Å². The Labute approximate surface area is 123 Å². The van der Waals surface area contributed by atoms with Crippen molar-refractivity contribution in [2.24, 2.45) is 0 Å². The molecule has 0 fully saturated rings. The topological polar surface area (TPSA) is 59.4 Å². The number of hydrogen-bond acceptors (Lipinski definition) is 4. The van der Waals surface area contributed by atoms with E-state index in [0.717, 1.165) is 20.8 Å². The Balaban J connectivity index is 1.85. The Morgan fingerprint density at radius 3 is 2.57 bits per heavy atom. The number of fused-ring (bicyclic) bond motifs is 1. The van der Waals surface area contributed by atoms with Crippen molar-refractivity contribution in [2.75, 3.05) is 0 Å². The van der Waals surface area contributed by atoms with Gasteiger partial charge in [-0.05, 0) is 36.4 Å². The zero-order valence-electron chi connectivity index (χ0n) is 10.7. The van der Waals surface area contributed by atoms with Gasteiger partial charge in [0.25, 0.3) is 0 Å². The second-order valence-corrected chi connectivity index (χ2v) is 5.31. The van der Waals surface area contributed by atoms with Crippen LogP contribution < -0.4 is 4.74 Å². The maximum Gasteiger partial charge on any atom is 0.378 e. The van der Waals surface area contributed by atoms with Crippen molar-refractivity contribution in [1.29, 1.82) is 0 Å². The molecule has 4 nitrogen and oxygen atoms in total. The molecule has 3 aromatic rings. The second-order valence-electron chi connectivity index (χ2n) is 4.28. The third-order valence-corrected chi connectivity index (χ3v) is 3.91. The number of carbonyl (C=O) groups is 1. The molecule has 0 amide bonds. The van der Waals surface area contributed by atoms with E-state index >= 15 is 0 Å². The molecule has 0 aliphatic heterocycles. The molecule has 1 heterocycles. The molecule has 1 N–H and O–H groups in total. The van der Waals surface area contributed by atoms with E-state index in [1.165, 1.54) is 12.1 Å². The molecule has 21 heavy (non-hydrogen) atoms. The van der Waals surface area contributed by atoms with Gasteiger partial charge >= 0.3 is 12.3 Å². The van der Waals surface area contributed by atoms with Crippen LogP contribution in [0.5, 0.6) is 5.75 Å². The molecule has 1 unspecified atom stereocenters. The van der Waals surface area contributed by atoms with Gasteiger partial charge in [0.2, 0.25) is 0 Å². The number of ether oxygens (including phenoxy) is 1. The quantitative estimate of drug-likeness (QED) is 0.798. The van der Waals surface area contributed by atoms with E-state index < -0.39 is 12.3 Å². The van der Waals surface area contributed by atoms with Crippen LogP contribution in [0.15, 0.2) is 48.5 Å². The number of aromatic nitrogens is 1. The van der Waals surface area contributed by atoms with Crippen molar-refractivity contribution < 1.29 is 19.0 Å². The fraction of sp³-hybridized carbons (Fsp3) is 0.0667. The lowest BCUT2D eigenvalue weighted by Crippen LogP contribution is -2.21. The largest absolute Gasteiger partial charge is 0.476 e. The predicted molar refractivity (Wildman–Crippen MR) is 78.2 cm³/mol. The molecular weight excluding hydrogens is 293 g/mol. The second kappa shape index (κ2) is 5.49. The summed E-state index contributed by atoms with van der Waals surface area (Å²) in [5, 5.41) is 9.29. The summed E-state index contributed by atoms with van der Waals surface area (Å²) in [7, 11) is 0. The predicted octanol–water partition coefficient (Wildman–Crippen LogP) is 3.72. The molecule has 1 aromatic heterocycles. The lowest BCUT2D eigenvalue weighted by Gasteiger charge is -2.07. The molecule has 0 saturated heterocycles. The first-order valence-electron chi connectivity index (χ1n) is 6.13. The third kappa shape index (κ3) is 2.85. The number of hydrogen-bond donors (Lipinski definition) is 1. The van der Waals surface area contributed by atoms with Crippen LogP contribution in [0.4, 0.5) is 4.39 Å². The average Bonchev–Trinajstić information content (AvgIpc) is 2.91. The summed E-state index contributed by atoms with van der Waals surface area (Å²) >= 11 is 1.55. The first-order valence-corrected chi connectivity index (χ1v) is 6.95. The molecule has 2 aromatic carbocycles. The van der Waals surface area contributed by atoms with Crippen molar-refractivity contribution in [3.63, 3.8) is 0 Å². The highest BCUT2D eigenvalue weighted by molar-refractivity contribution is 7.21. The zero-order chi connectivity index (χ0) is 14.8. The van der Waals surface area contributed by atoms with Gasteiger partial charge in [0.1, 0.15) is 10.8 Å². The Morgan fingerprint density at radius 2 is 1.90 bits per heavy atom. The van der Waals surface area contributed by atoms with E-state index in [0.29, 0.717) is 0 Å². The first-order chi connectivity index (χ1) is 10.1. The van der Waals surface area contributed by atoms with E-state index in [9.17, 15) is 9.18 Å². The number of rotatable bonds is 4. The van der Waals surface area contributed by atoms with Crippen LogP contribution in [0.3, 0.4) is 0 Å². The van der Waals surface area contributed by atoms with Gasteiger partial charge in [-0.15, -0.1) is 11.3 Å². The third-order valence-electron chi connectivity index (χ3n) is 2.83. The molecule has 0 spiro atoms. The van der Waals surface area contributed by atoms with Crippen LogP contribution in [0, 0.1) is 0 Å². The summed E-state index contributed by atoms with van der Waals surface area (Å²) in [5.41, 5.74) is 1.79. The Hall–Kier alpha value is -2.47. The molecule has 0 saturated carbocycles. The van der Waals surface area contributed by atoms with Gasteiger partial charge in [-0.3, -0.25) is 0 Å². The van der Waals surface area contributed by atoms with Crippen molar-refractivity contribution in [3.8, 4) is 16.3 Å². The monoisotopic (exact) mass is 303 g/mol. The van der Waals surface area contributed by atoms with Crippen LogP contribution in [0.2, 0.25) is 0 Å². The molecule has 0 aliphatic carbocycles. The van der Waals surface area contributed by atoms with E-state index in [-0.39, 0.29) is 5.75 Å². The SMILES string of the molecule is O=C(O)C(F)Oc1ccc(-c2nc3ccccc3s2)cc1. The minimum absolute atomic E-state index is 0.162. The molecule has 1 atom stereocenters. The van der Waals surface area contributed by atoms with Gasteiger partial charge in [-0.1, -0.05) is 12.1 Å². The highest BCUT2D eigenvalue weighted by atomic mass is 32.1. The number of thiazole rings is 1. The van der Waals surface area contributed by atoms with Gasteiger partial charge in [0, 0.05) is 5.56 Å². The maximum atomic E-state index is 12.9. The van der Waals surface area contributed by atoms with Gasteiger partial charge in [-0.25, -0.2) is 9.78 Å². The summed E-state index contributed by atoms with van der Waals surface area (Å²) in [5.74, 6) is -1.49. The lowest BCUT2D eigenvalue weighted by molar-refractivity contribution is -0.153. The van der Waals surface area contributed by atoms with Crippen LogP contribution in [-0.2, 0) is 4.79 Å². The Kier molecular flexibility index (Phi) is 3.53. The Bertz CT molecular complexity index is 752. The van der Waals surface area contributed by atoms with Crippen molar-refractivity contribution in [2.45, 2.75) is 6.36 Å². The van der Waals surface area contributed by atoms with Gasteiger partial charge in [0.05, 0.1) is 10.2 Å². The van der Waals surface area contributed by atoms with Crippen LogP contribution in [-0.4, -0.2) is 22.4 Å². The fourth-order valence-corrected chi connectivity index (χ4v) is 2.81. The average molecular weight is 303 g/mol. The number of carboxylic acids is 1. The normalized spacial score (nSPS) is 12.2. The van der Waals surface area contributed by atoms with Gasteiger partial charge in [-0.2, -0.15) is 4.39 Å². The molecule has 6 heteroatoms. The number of nitrogens with zero attached hydrogens (tertiary/aromatic N) is 1. The summed E-state index contributed by atoms with van der Waals surface area (Å²) in [4.78, 5) is 14.9. The molecule has 106 valence electrons. The van der Waals surface area contributed by atoms with Crippen LogP contribution in [0.1, 0.15) is 0 Å². The van der Waals surface area contributed by atoms with E-state index in [1.54, 1.807) is 23.5 Å². The summed E-state index contributed by atoms with van der Waals surface area (Å²) in [6.07, 6.45) is -2.36. The number of benzene rings is 2. The number of aliphatic carboxylic acids is 1. The van der Waals surface area contributed by atoms with E-state index in [2.05, 4.69) is 9.72 Å². The number of para-hydroxylation sites is 1. The highest BCUT2D eigenvalue weighted by Crippen LogP contribution is 2.30. The standard InChI is InChI=1S/C15H10FNO3S/c16-13(15(18)19)20-10-7-5-9(6-8-10)14-17-11-3-1-2-4-12(11)21-14/h1-8,13H,(H,18,19). The molecular formula is C15H10FNO3S. The van der Waals surface area contributed by atoms with Crippen molar-refractivity contribution >= 4 is 27.5 Å². The molecule has 3 rings (SSSR count). The summed E-state index contributed by atoms with van der Waals surface area (Å²) < 4.78 is 18.7. The maximum absolute atomic E-state index is 12.9. The van der Waals surface area contributed by atoms with Crippen molar-refractivity contribution in [1.82, 2.24) is 4.98 Å². The molecule has 0 bridgehead atoms. The number of halogens is 1. The minimum atomic E-state index is -2.36. The summed E-state index contributed by atoms with van der Waals surface area (Å²) in [6.45, 7) is 0. The zero-order valence-corrected chi connectivity index (χ0v) is 11.5. The first kappa shape index (κ1) is 13.5. The van der Waals surface area contributed by atoms with Crippen LogP contribution >= 0.6 is 11.3 Å². The minimum Gasteiger partial charge on any atom is -0.476 e. The summed E-state index contributed by atoms with van der Waals surface area (Å²) in [6, 6.07) is 14.3. The van der Waals surface area contributed by atoms with Crippen molar-refractivity contribution in [3.05, 3.63) is 48.5 Å². The lowest BCUT2D eigenvalue weighted by atomic mass is 10.2. The highest BCUT2D eigenvalue weighted by Gasteiger charge is 2.17. The smallest absolute Gasteiger partial charge is 0.378 e. The molecule has 0 aliphatic rings. The van der Waals surface area contributed by atoms with E-state index in [4.69, 9.17) is 5.11 Å². The number of alkyl halides is 1. The number of carboxylic acid groups (broad SMARTS) is 1. The molecule has 0 radical (unpaired) electrons. The van der Waals surface area contributed by atoms with Gasteiger partial charge < -0.3 is 9.84 Å². The fourth-order valence-electron chi connectivity index (χ4n) is 1.84. The van der Waals surface area contributed by atoms with E-state index in [1.807, 2.05) is 24.3 Å². The Morgan fingerprint density at radius 1 is 1.19 bits per heavy atom. The van der Waals surface area contributed by atoms with Crippen LogP contribution in [0.25, 0.3) is 20.8 Å².